The number of benzene rings is 2. The van der Waals surface area contributed by atoms with Gasteiger partial charge >= 0.3 is 12.4 Å². The first kappa shape index (κ1) is 41.3. The van der Waals surface area contributed by atoms with Crippen LogP contribution in [-0.4, -0.2) is 56.7 Å². The predicted octanol–water partition coefficient (Wildman–Crippen LogP) is 11.8. The van der Waals surface area contributed by atoms with Crippen molar-refractivity contribution in [1.82, 2.24) is 29.5 Å². The molecule has 0 amide bonds. The number of fused-ring (bicyclic) bond motifs is 2. The lowest BCUT2D eigenvalue weighted by Gasteiger charge is -2.15. The van der Waals surface area contributed by atoms with Crippen LogP contribution >= 0.6 is 23.5 Å². The fourth-order valence-electron chi connectivity index (χ4n) is 5.99. The summed E-state index contributed by atoms with van der Waals surface area (Å²) >= 11 is 2.60. The standard InChI is InChI=1S/C22H28F3N3OSSi.C16H14F3N3S/c1-14-7-8-16(15(2)11-14)19-18-17(22(23,24)25)12-28(13-29-9-10-31(4,5)6)20(18)27-21(26-19)30-3;1-8-4-5-10(9(2)6-8)13-12-11(16(17,18)19)7-20-14(12)22-15(21-13)23-3/h7-8,11-12H,9-10,13H2,1-6H3;4-7H,1-3H3,(H,20,21,22). The minimum atomic E-state index is -4.53. The highest BCUT2D eigenvalue weighted by molar-refractivity contribution is 7.98. The van der Waals surface area contributed by atoms with E-state index in [1.807, 2.05) is 70.3 Å². The smallest absolute Gasteiger partial charge is 0.361 e. The Morgan fingerprint density at radius 1 is 0.722 bits per heavy atom. The van der Waals surface area contributed by atoms with Gasteiger partial charge < -0.3 is 14.3 Å². The molecule has 7 nitrogen and oxygen atoms in total. The highest BCUT2D eigenvalue weighted by Crippen LogP contribution is 2.42. The van der Waals surface area contributed by atoms with Gasteiger partial charge in [-0.1, -0.05) is 90.7 Å². The number of rotatable bonds is 9. The number of aromatic amines is 1. The summed E-state index contributed by atoms with van der Waals surface area (Å²) < 4.78 is 89.2. The SMILES string of the molecule is CSc1nc(-c2ccc(C)cc2C)c2c(C(F)(F)F)c[nH]c2n1.CSc1nc(-c2ccc(C)cc2C)c2c(C(F)(F)F)cn(COCC[Si](C)(C)C)c2n1. The van der Waals surface area contributed by atoms with Gasteiger partial charge in [-0.2, -0.15) is 26.3 Å². The molecule has 6 rings (SSSR count). The quantitative estimate of drug-likeness (QED) is 0.0512. The summed E-state index contributed by atoms with van der Waals surface area (Å²) in [5.41, 5.74) is 4.79. The first-order valence-electron chi connectivity index (χ1n) is 17.0. The summed E-state index contributed by atoms with van der Waals surface area (Å²) in [5.74, 6) is 0. The molecule has 0 saturated carbocycles. The summed E-state index contributed by atoms with van der Waals surface area (Å²) in [4.78, 5) is 20.1. The Morgan fingerprint density at radius 2 is 1.24 bits per heavy atom. The van der Waals surface area contributed by atoms with Crippen molar-refractivity contribution in [2.75, 3.05) is 19.1 Å². The summed E-state index contributed by atoms with van der Waals surface area (Å²) in [7, 11) is -1.30. The van der Waals surface area contributed by atoms with Crippen LogP contribution in [0.15, 0.2) is 59.1 Å². The summed E-state index contributed by atoms with van der Waals surface area (Å²) in [6.45, 7) is 14.9. The molecule has 0 saturated heterocycles. The Hall–Kier alpha value is -3.86. The van der Waals surface area contributed by atoms with Crippen LogP contribution in [0.5, 0.6) is 0 Å². The predicted molar refractivity (Wildman–Crippen MR) is 209 cm³/mol. The number of hydrogen-bond acceptors (Lipinski definition) is 7. The molecule has 0 fully saturated rings. The number of aromatic nitrogens is 6. The van der Waals surface area contributed by atoms with Crippen molar-refractivity contribution in [3.63, 3.8) is 0 Å². The molecule has 54 heavy (non-hydrogen) atoms. The van der Waals surface area contributed by atoms with Crippen LogP contribution in [-0.2, 0) is 23.8 Å². The molecule has 0 aliphatic rings. The third-order valence-electron chi connectivity index (χ3n) is 8.68. The van der Waals surface area contributed by atoms with Gasteiger partial charge in [-0.15, -0.1) is 0 Å². The second-order valence-electron chi connectivity index (χ2n) is 14.2. The van der Waals surface area contributed by atoms with E-state index in [0.717, 1.165) is 40.7 Å². The van der Waals surface area contributed by atoms with Gasteiger partial charge in [0.25, 0.3) is 0 Å². The second-order valence-corrected chi connectivity index (χ2v) is 21.4. The molecule has 0 atom stereocenters. The number of thioether (sulfide) groups is 2. The van der Waals surface area contributed by atoms with E-state index in [2.05, 4.69) is 44.6 Å². The molecule has 0 aliphatic carbocycles. The summed E-state index contributed by atoms with van der Waals surface area (Å²) in [5, 5.41) is 0.897. The topological polar surface area (TPSA) is 81.5 Å². The zero-order valence-electron chi connectivity index (χ0n) is 31.5. The van der Waals surface area contributed by atoms with Gasteiger partial charge in [0, 0.05) is 38.2 Å². The number of H-pyrrole nitrogens is 1. The molecule has 0 bridgehead atoms. The van der Waals surface area contributed by atoms with Crippen LogP contribution in [0, 0.1) is 27.7 Å². The van der Waals surface area contributed by atoms with Gasteiger partial charge in [0.1, 0.15) is 18.0 Å². The molecule has 0 radical (unpaired) electrons. The number of alkyl halides is 6. The monoisotopic (exact) mass is 804 g/mol. The van der Waals surface area contributed by atoms with E-state index in [1.165, 1.54) is 28.1 Å². The fraction of sp³-hybridized carbons (Fsp3) is 0.368. The second kappa shape index (κ2) is 16.1. The van der Waals surface area contributed by atoms with Crippen molar-refractivity contribution in [2.24, 2.45) is 0 Å². The summed E-state index contributed by atoms with van der Waals surface area (Å²) in [6, 6.07) is 12.2. The first-order chi connectivity index (χ1) is 25.2. The maximum Gasteiger partial charge on any atom is 0.418 e. The average molecular weight is 805 g/mol. The molecule has 0 spiro atoms. The van der Waals surface area contributed by atoms with E-state index in [0.29, 0.717) is 39.4 Å². The molecule has 6 aromatic rings. The molecule has 1 N–H and O–H groups in total. The number of ether oxygens (including phenoxy) is 1. The lowest BCUT2D eigenvalue weighted by molar-refractivity contribution is -0.137. The minimum Gasteiger partial charge on any atom is -0.361 e. The molecule has 0 aliphatic heterocycles. The minimum absolute atomic E-state index is 0.0160. The van der Waals surface area contributed by atoms with Gasteiger partial charge in [0.15, 0.2) is 10.3 Å². The molecule has 16 heteroatoms. The Bertz CT molecular complexity index is 2300. The molecule has 288 valence electrons. The number of halogens is 6. The zero-order valence-corrected chi connectivity index (χ0v) is 34.1. The average Bonchev–Trinajstić information content (AvgIpc) is 3.68. The van der Waals surface area contributed by atoms with Crippen molar-refractivity contribution >= 4 is 53.7 Å². The number of nitrogens with zero attached hydrogens (tertiary/aromatic N) is 5. The van der Waals surface area contributed by atoms with Crippen molar-refractivity contribution in [1.29, 1.82) is 0 Å². The van der Waals surface area contributed by atoms with Gasteiger partial charge in [0.2, 0.25) is 0 Å². The Morgan fingerprint density at radius 3 is 1.72 bits per heavy atom. The van der Waals surface area contributed by atoms with Crippen LogP contribution in [0.1, 0.15) is 33.4 Å². The van der Waals surface area contributed by atoms with E-state index in [4.69, 9.17) is 4.74 Å². The van der Waals surface area contributed by atoms with Crippen LogP contribution in [0.2, 0.25) is 25.7 Å². The fourth-order valence-corrected chi connectivity index (χ4v) is 7.47. The Kier molecular flexibility index (Phi) is 12.3. The van der Waals surface area contributed by atoms with E-state index in [-0.39, 0.29) is 28.8 Å². The van der Waals surface area contributed by atoms with E-state index >= 15 is 0 Å². The van der Waals surface area contributed by atoms with Gasteiger partial charge in [0.05, 0.1) is 33.3 Å². The Labute approximate surface area is 319 Å². The lowest BCUT2D eigenvalue weighted by atomic mass is 10.00. The molecular formula is C38H42F6N6OS2Si. The largest absolute Gasteiger partial charge is 0.418 e. The zero-order chi connectivity index (χ0) is 39.7. The van der Waals surface area contributed by atoms with Crippen LogP contribution < -0.4 is 0 Å². The molecular weight excluding hydrogens is 763 g/mol. The highest BCUT2D eigenvalue weighted by Gasteiger charge is 2.38. The van der Waals surface area contributed by atoms with Crippen molar-refractivity contribution < 1.29 is 31.1 Å². The van der Waals surface area contributed by atoms with Crippen LogP contribution in [0.25, 0.3) is 44.6 Å². The molecule has 2 aromatic carbocycles. The summed E-state index contributed by atoms with van der Waals surface area (Å²) in [6.07, 6.45) is -3.33. The van der Waals surface area contributed by atoms with E-state index in [9.17, 15) is 26.3 Å². The van der Waals surface area contributed by atoms with Crippen LogP contribution in [0.4, 0.5) is 26.3 Å². The van der Waals surface area contributed by atoms with E-state index in [1.54, 1.807) is 6.26 Å². The molecule has 4 heterocycles. The Balaban J connectivity index is 0.000000217. The third-order valence-corrected chi connectivity index (χ3v) is 11.5. The van der Waals surface area contributed by atoms with Gasteiger partial charge in [-0.05, 0) is 57.4 Å². The maximum absolute atomic E-state index is 14.0. The third kappa shape index (κ3) is 9.32. The van der Waals surface area contributed by atoms with E-state index < -0.39 is 31.6 Å². The number of hydrogen-bond donors (Lipinski definition) is 1. The number of nitrogens with one attached hydrogen (secondary N) is 1. The lowest BCUT2D eigenvalue weighted by Crippen LogP contribution is -2.22. The van der Waals surface area contributed by atoms with Crippen LogP contribution in [0.3, 0.4) is 0 Å². The van der Waals surface area contributed by atoms with Gasteiger partial charge in [-0.25, -0.2) is 19.9 Å². The van der Waals surface area contributed by atoms with Gasteiger partial charge in [-0.3, -0.25) is 0 Å². The first-order valence-corrected chi connectivity index (χ1v) is 23.1. The normalized spacial score (nSPS) is 12.4. The molecule has 4 aromatic heterocycles. The van der Waals surface area contributed by atoms with Crippen molar-refractivity contribution in [2.45, 2.75) is 82.8 Å². The maximum atomic E-state index is 14.0. The van der Waals surface area contributed by atoms with Crippen molar-refractivity contribution in [3.05, 3.63) is 82.2 Å². The highest BCUT2D eigenvalue weighted by atomic mass is 32.2. The van der Waals surface area contributed by atoms with Crippen molar-refractivity contribution in [3.8, 4) is 22.5 Å². The molecule has 0 unspecified atom stereocenters. The number of aryl methyl sites for hydroxylation is 4.